The second-order valence-electron chi connectivity index (χ2n) is 16.8. The molecule has 0 aliphatic carbocycles. The molecule has 58 heavy (non-hydrogen) atoms. The summed E-state index contributed by atoms with van der Waals surface area (Å²) in [5, 5.41) is 11.1. The monoisotopic (exact) mass is 823 g/mol. The SMILES string of the molecule is CCOCCOC(C)(/C=C/C=C(\C)C1OC(=O)CC(O)CCC(C)(OCCOCC)C(OC(=O)N2CCN(C(C)C)CC2)/C=C/C1C)CC1OC1C(C)C(CC)OC. The minimum Gasteiger partial charge on any atom is -0.457 e. The number of nitrogens with zero attached hydrogens (tertiary/aromatic N) is 2. The lowest BCUT2D eigenvalue weighted by molar-refractivity contribution is -0.152. The number of hydrogen-bond donors (Lipinski definition) is 1. The summed E-state index contributed by atoms with van der Waals surface area (Å²) in [6.45, 7) is 25.7. The molecule has 0 saturated carbocycles. The van der Waals surface area contributed by atoms with Crippen LogP contribution in [0.25, 0.3) is 0 Å². The largest absolute Gasteiger partial charge is 0.457 e. The standard InChI is InChI=1S/C45H78N2O11/c1-12-37(51-11)35(8)42-38(56-42)31-44(9,54-28-26-52-13-2)20-15-16-33(6)41-34(7)17-18-39(57-43(50)47-24-22-46(23-25-47)32(4)5)45(10,55-29-27-53-14-3)21-19-36(48)30-40(49)58-41/h15-18,20,32,34-39,41-42,48H,12-14,19,21-31H2,1-11H3/b18-17+,20-15+,33-16+. The number of amides is 1. The first-order valence-electron chi connectivity index (χ1n) is 21.8. The lowest BCUT2D eigenvalue weighted by Gasteiger charge is -2.40. The topological polar surface area (TPSA) is 138 Å². The number of piperazine rings is 1. The van der Waals surface area contributed by atoms with E-state index in [4.69, 9.17) is 37.9 Å². The van der Waals surface area contributed by atoms with Gasteiger partial charge in [0.1, 0.15) is 11.7 Å². The predicted molar refractivity (Wildman–Crippen MR) is 225 cm³/mol. The van der Waals surface area contributed by atoms with Crippen molar-refractivity contribution in [1.82, 2.24) is 9.80 Å². The highest BCUT2D eigenvalue weighted by Gasteiger charge is 2.48. The van der Waals surface area contributed by atoms with Crippen LogP contribution in [0.1, 0.15) is 101 Å². The maximum atomic E-state index is 13.7. The number of rotatable bonds is 21. The first kappa shape index (κ1) is 50.0. The van der Waals surface area contributed by atoms with Crippen molar-refractivity contribution in [3.05, 3.63) is 36.0 Å². The van der Waals surface area contributed by atoms with Gasteiger partial charge in [0.05, 0.1) is 62.9 Å². The van der Waals surface area contributed by atoms with Gasteiger partial charge in [-0.1, -0.05) is 45.1 Å². The van der Waals surface area contributed by atoms with Crippen LogP contribution in [0, 0.1) is 11.8 Å². The fourth-order valence-electron chi connectivity index (χ4n) is 7.97. The molecule has 10 unspecified atom stereocenters. The normalized spacial score (nSPS) is 30.6. The highest BCUT2D eigenvalue weighted by atomic mass is 16.6. The minimum atomic E-state index is -1.01. The van der Waals surface area contributed by atoms with Gasteiger partial charge < -0.3 is 47.9 Å². The van der Waals surface area contributed by atoms with Crippen LogP contribution < -0.4 is 0 Å². The molecule has 334 valence electrons. The molecule has 1 amide bonds. The van der Waals surface area contributed by atoms with Crippen LogP contribution in [-0.4, -0.2) is 154 Å². The van der Waals surface area contributed by atoms with Crippen LogP contribution in [0.3, 0.4) is 0 Å². The van der Waals surface area contributed by atoms with Gasteiger partial charge in [0.2, 0.25) is 0 Å². The van der Waals surface area contributed by atoms with Crippen molar-refractivity contribution in [2.75, 3.05) is 72.9 Å². The number of methoxy groups -OCH3 is 1. The Kier molecular flexibility index (Phi) is 21.4. The number of allylic oxidation sites excluding steroid dienone is 2. The zero-order chi connectivity index (χ0) is 42.9. The third-order valence-corrected chi connectivity index (χ3v) is 11.9. The molecule has 2 fully saturated rings. The number of carbonyl (C=O) groups is 2. The maximum Gasteiger partial charge on any atom is 0.410 e. The lowest BCUT2D eigenvalue weighted by atomic mass is 9.88. The highest BCUT2D eigenvalue weighted by Crippen LogP contribution is 2.39. The van der Waals surface area contributed by atoms with E-state index in [0.717, 1.165) is 25.1 Å². The summed E-state index contributed by atoms with van der Waals surface area (Å²) in [6.07, 6.45) is 9.11. The second kappa shape index (κ2) is 24.8. The van der Waals surface area contributed by atoms with Crippen molar-refractivity contribution in [2.24, 2.45) is 11.8 Å². The summed E-state index contributed by atoms with van der Waals surface area (Å²) < 4.78 is 48.2. The zero-order valence-corrected chi connectivity index (χ0v) is 37.6. The van der Waals surface area contributed by atoms with E-state index in [0.29, 0.717) is 65.0 Å². The van der Waals surface area contributed by atoms with Gasteiger partial charge in [-0.05, 0) is 79.4 Å². The minimum absolute atomic E-state index is 0.0374. The van der Waals surface area contributed by atoms with Crippen LogP contribution in [0.2, 0.25) is 0 Å². The number of aliphatic hydroxyl groups excluding tert-OH is 1. The smallest absolute Gasteiger partial charge is 0.410 e. The first-order chi connectivity index (χ1) is 27.6. The van der Waals surface area contributed by atoms with E-state index in [1.54, 1.807) is 12.0 Å². The average molecular weight is 823 g/mol. The van der Waals surface area contributed by atoms with Crippen LogP contribution >= 0.6 is 0 Å². The van der Waals surface area contributed by atoms with Gasteiger partial charge in [0.25, 0.3) is 0 Å². The molecule has 1 N–H and O–H groups in total. The lowest BCUT2D eigenvalue weighted by Crippen LogP contribution is -2.53. The zero-order valence-electron chi connectivity index (χ0n) is 37.6. The summed E-state index contributed by atoms with van der Waals surface area (Å²) >= 11 is 0. The molecule has 3 aliphatic rings. The number of aliphatic hydroxyl groups is 1. The van der Waals surface area contributed by atoms with E-state index in [1.165, 1.54) is 0 Å². The molecule has 10 atom stereocenters. The van der Waals surface area contributed by atoms with E-state index in [1.807, 2.05) is 65.0 Å². The Labute approximate surface area is 349 Å². The molecule has 0 radical (unpaired) electrons. The van der Waals surface area contributed by atoms with E-state index < -0.39 is 41.6 Å². The average Bonchev–Trinajstić information content (AvgIpc) is 3.96. The number of ether oxygens (including phenoxy) is 8. The summed E-state index contributed by atoms with van der Waals surface area (Å²) in [5.41, 5.74) is -0.852. The van der Waals surface area contributed by atoms with Crippen LogP contribution in [-0.2, 0) is 42.7 Å². The van der Waals surface area contributed by atoms with Crippen molar-refractivity contribution in [3.8, 4) is 0 Å². The summed E-state index contributed by atoms with van der Waals surface area (Å²) in [4.78, 5) is 31.1. The Bertz CT molecular complexity index is 1310. The second-order valence-corrected chi connectivity index (χ2v) is 16.8. The molecule has 0 bridgehead atoms. The number of esters is 1. The van der Waals surface area contributed by atoms with Crippen molar-refractivity contribution in [3.63, 3.8) is 0 Å². The number of epoxide rings is 1. The Morgan fingerprint density at radius 1 is 1.05 bits per heavy atom. The van der Waals surface area contributed by atoms with E-state index in [9.17, 15) is 14.7 Å². The fraction of sp³-hybridized carbons (Fsp3) is 0.822. The third kappa shape index (κ3) is 15.9. The van der Waals surface area contributed by atoms with Gasteiger partial charge in [-0.15, -0.1) is 0 Å². The molecule has 13 heteroatoms. The van der Waals surface area contributed by atoms with Gasteiger partial charge in [0.15, 0.2) is 6.10 Å². The molecule has 0 spiro atoms. The molecule has 13 nitrogen and oxygen atoms in total. The Balaban J connectivity index is 1.89. The molecule has 0 aromatic carbocycles. The predicted octanol–water partition coefficient (Wildman–Crippen LogP) is 6.51. The van der Waals surface area contributed by atoms with Crippen molar-refractivity contribution < 1.29 is 52.6 Å². The quantitative estimate of drug-likeness (QED) is 0.0444. The summed E-state index contributed by atoms with van der Waals surface area (Å²) in [5.74, 6) is -0.559. The van der Waals surface area contributed by atoms with Crippen molar-refractivity contribution >= 4 is 12.1 Å². The Morgan fingerprint density at radius 2 is 1.72 bits per heavy atom. The van der Waals surface area contributed by atoms with Crippen LogP contribution in [0.5, 0.6) is 0 Å². The molecular formula is C45H78N2O11. The Hall–Kier alpha value is -2.36. The van der Waals surface area contributed by atoms with E-state index >= 15 is 0 Å². The number of carbonyl (C=O) groups excluding carboxylic acids is 2. The highest BCUT2D eigenvalue weighted by molar-refractivity contribution is 5.70. The fourth-order valence-corrected chi connectivity index (χ4v) is 7.97. The molecular weight excluding hydrogens is 744 g/mol. The first-order valence-corrected chi connectivity index (χ1v) is 21.8. The number of cyclic esters (lactones) is 1. The maximum absolute atomic E-state index is 13.7. The van der Waals surface area contributed by atoms with Crippen molar-refractivity contribution in [1.29, 1.82) is 0 Å². The molecule has 3 rings (SSSR count). The molecule has 0 aromatic rings. The molecule has 2 saturated heterocycles. The van der Waals surface area contributed by atoms with Gasteiger partial charge >= 0.3 is 12.1 Å². The summed E-state index contributed by atoms with van der Waals surface area (Å²) in [6, 6.07) is 0.398. The van der Waals surface area contributed by atoms with Gasteiger partial charge in [-0.2, -0.15) is 0 Å². The van der Waals surface area contributed by atoms with E-state index in [2.05, 4.69) is 39.5 Å². The van der Waals surface area contributed by atoms with E-state index in [-0.39, 0.29) is 49.6 Å². The van der Waals surface area contributed by atoms with Crippen molar-refractivity contribution in [2.45, 2.75) is 155 Å². The molecule has 3 aliphatic heterocycles. The van der Waals surface area contributed by atoms with Crippen LogP contribution in [0.15, 0.2) is 36.0 Å². The van der Waals surface area contributed by atoms with Gasteiger partial charge in [0, 0.05) is 70.8 Å². The third-order valence-electron chi connectivity index (χ3n) is 11.9. The Morgan fingerprint density at radius 3 is 2.34 bits per heavy atom. The van der Waals surface area contributed by atoms with Crippen LogP contribution in [0.4, 0.5) is 4.79 Å². The molecule has 3 heterocycles. The number of hydrogen-bond acceptors (Lipinski definition) is 12. The summed E-state index contributed by atoms with van der Waals surface area (Å²) in [7, 11) is 1.75. The molecule has 0 aromatic heterocycles. The van der Waals surface area contributed by atoms with Gasteiger partial charge in [-0.3, -0.25) is 9.69 Å². The van der Waals surface area contributed by atoms with Gasteiger partial charge in [-0.25, -0.2) is 4.79 Å².